The van der Waals surface area contributed by atoms with Gasteiger partial charge in [-0.15, -0.1) is 0 Å². The van der Waals surface area contributed by atoms with Gasteiger partial charge in [0.05, 0.1) is 11.3 Å². The van der Waals surface area contributed by atoms with Crippen molar-refractivity contribution < 1.29 is 9.53 Å². The van der Waals surface area contributed by atoms with E-state index in [1.165, 1.54) is 11.1 Å². The molecular weight excluding hydrogens is 274 g/mol. The van der Waals surface area contributed by atoms with E-state index in [-0.39, 0.29) is 5.91 Å². The monoisotopic (exact) mass is 291 g/mol. The zero-order valence-electron chi connectivity index (χ0n) is 12.9. The number of amides is 1. The van der Waals surface area contributed by atoms with Crippen molar-refractivity contribution in [3.63, 3.8) is 0 Å². The first-order valence-electron chi connectivity index (χ1n) is 7.43. The zero-order valence-corrected chi connectivity index (χ0v) is 12.9. The third-order valence-electron chi connectivity index (χ3n) is 4.62. The minimum absolute atomic E-state index is 0.00211. The summed E-state index contributed by atoms with van der Waals surface area (Å²) in [4.78, 5) is 14.4. The van der Waals surface area contributed by atoms with Gasteiger partial charge in [0, 0.05) is 23.7 Å². The van der Waals surface area contributed by atoms with E-state index in [4.69, 9.17) is 4.74 Å². The quantitative estimate of drug-likeness (QED) is 0.693. The lowest BCUT2D eigenvalue weighted by Crippen LogP contribution is -2.20. The van der Waals surface area contributed by atoms with E-state index >= 15 is 0 Å². The molecule has 0 aromatic heterocycles. The Morgan fingerprint density at radius 2 is 1.77 bits per heavy atom. The fourth-order valence-corrected chi connectivity index (χ4v) is 3.23. The van der Waals surface area contributed by atoms with Gasteiger partial charge in [-0.3, -0.25) is 4.79 Å². The van der Waals surface area contributed by atoms with Crippen LogP contribution in [0.2, 0.25) is 0 Å². The van der Waals surface area contributed by atoms with Crippen molar-refractivity contribution in [3.05, 3.63) is 64.2 Å². The summed E-state index contributed by atoms with van der Waals surface area (Å²) in [5.41, 5.74) is 7.26. The van der Waals surface area contributed by atoms with Crippen molar-refractivity contribution >= 4 is 22.9 Å². The first kappa shape index (κ1) is 13.1. The Morgan fingerprint density at radius 3 is 2.59 bits per heavy atom. The lowest BCUT2D eigenvalue weighted by atomic mass is 9.97. The van der Waals surface area contributed by atoms with Crippen LogP contribution < -0.4 is 4.90 Å². The van der Waals surface area contributed by atoms with E-state index < -0.39 is 0 Å². The second-order valence-corrected chi connectivity index (χ2v) is 5.97. The van der Waals surface area contributed by atoms with Crippen LogP contribution in [0, 0.1) is 13.8 Å². The molecule has 2 aliphatic rings. The Labute approximate surface area is 129 Å². The van der Waals surface area contributed by atoms with Gasteiger partial charge in [-0.25, -0.2) is 0 Å². The molecule has 0 saturated carbocycles. The van der Waals surface area contributed by atoms with E-state index in [0.717, 1.165) is 28.1 Å². The lowest BCUT2D eigenvalue weighted by Gasteiger charge is -2.09. The second-order valence-electron chi connectivity index (χ2n) is 5.97. The average molecular weight is 291 g/mol. The normalized spacial score (nSPS) is 19.2. The van der Waals surface area contributed by atoms with Crippen LogP contribution in [0.4, 0.5) is 5.69 Å². The molecule has 2 aliphatic heterocycles. The standard InChI is InChI=1S/C19H17NO2/c1-11-8-13-10-22-18(15(13)9-12(11)2)17-14-6-4-5-7-16(14)20(3)19(17)21/h4-9H,10H2,1-3H3/b18-17+. The van der Waals surface area contributed by atoms with Gasteiger partial charge in [0.1, 0.15) is 12.4 Å². The Hall–Kier alpha value is -2.55. The van der Waals surface area contributed by atoms with E-state index in [0.29, 0.717) is 12.2 Å². The number of benzene rings is 2. The molecule has 2 aromatic carbocycles. The number of para-hydroxylation sites is 1. The highest BCUT2D eigenvalue weighted by Gasteiger charge is 2.35. The molecule has 0 bridgehead atoms. The molecule has 1 amide bonds. The molecule has 0 spiro atoms. The zero-order chi connectivity index (χ0) is 15.4. The number of carbonyl (C=O) groups is 1. The first-order chi connectivity index (χ1) is 10.6. The highest BCUT2D eigenvalue weighted by atomic mass is 16.5. The molecular formula is C19H17NO2. The Bertz CT molecular complexity index is 849. The molecule has 3 nitrogen and oxygen atoms in total. The van der Waals surface area contributed by atoms with Crippen LogP contribution in [0.3, 0.4) is 0 Å². The van der Waals surface area contributed by atoms with Crippen LogP contribution in [0.1, 0.15) is 27.8 Å². The van der Waals surface area contributed by atoms with Gasteiger partial charge in [-0.1, -0.05) is 24.3 Å². The van der Waals surface area contributed by atoms with Crippen molar-refractivity contribution in [2.75, 3.05) is 11.9 Å². The molecule has 4 rings (SSSR count). The summed E-state index contributed by atoms with van der Waals surface area (Å²) in [7, 11) is 1.81. The fourth-order valence-electron chi connectivity index (χ4n) is 3.23. The number of aryl methyl sites for hydroxylation is 2. The number of hydrogen-bond donors (Lipinski definition) is 0. The van der Waals surface area contributed by atoms with Crippen molar-refractivity contribution in [1.29, 1.82) is 0 Å². The van der Waals surface area contributed by atoms with Gasteiger partial charge in [0.2, 0.25) is 0 Å². The third kappa shape index (κ3) is 1.65. The minimum atomic E-state index is 0.00211. The predicted octanol–water partition coefficient (Wildman–Crippen LogP) is 3.68. The molecule has 0 atom stereocenters. The van der Waals surface area contributed by atoms with Crippen molar-refractivity contribution in [1.82, 2.24) is 0 Å². The van der Waals surface area contributed by atoms with Crippen LogP contribution >= 0.6 is 0 Å². The molecule has 22 heavy (non-hydrogen) atoms. The van der Waals surface area contributed by atoms with Gasteiger partial charge in [0.15, 0.2) is 0 Å². The largest absolute Gasteiger partial charge is 0.487 e. The summed E-state index contributed by atoms with van der Waals surface area (Å²) in [6.45, 7) is 4.73. The highest BCUT2D eigenvalue weighted by Crippen LogP contribution is 2.43. The van der Waals surface area contributed by atoms with Crippen LogP contribution in [0.5, 0.6) is 0 Å². The van der Waals surface area contributed by atoms with Crippen molar-refractivity contribution in [2.45, 2.75) is 20.5 Å². The van der Waals surface area contributed by atoms with E-state index in [9.17, 15) is 4.79 Å². The average Bonchev–Trinajstić information content (AvgIpc) is 3.00. The molecule has 0 radical (unpaired) electrons. The number of nitrogens with zero attached hydrogens (tertiary/aromatic N) is 1. The molecule has 0 unspecified atom stereocenters. The molecule has 0 saturated heterocycles. The number of likely N-dealkylation sites (N-methyl/N-ethyl adjacent to an activating group) is 1. The number of carbonyl (C=O) groups excluding carboxylic acids is 1. The third-order valence-corrected chi connectivity index (χ3v) is 4.62. The van der Waals surface area contributed by atoms with E-state index in [1.807, 2.05) is 31.3 Å². The Kier molecular flexibility index (Phi) is 2.67. The second kappa shape index (κ2) is 4.47. The predicted molar refractivity (Wildman–Crippen MR) is 87.4 cm³/mol. The molecule has 0 aliphatic carbocycles. The first-order valence-corrected chi connectivity index (χ1v) is 7.43. The van der Waals surface area contributed by atoms with Crippen molar-refractivity contribution in [3.8, 4) is 0 Å². The summed E-state index contributed by atoms with van der Waals surface area (Å²) in [5.74, 6) is 0.724. The summed E-state index contributed by atoms with van der Waals surface area (Å²) in [6, 6.07) is 12.2. The number of fused-ring (bicyclic) bond motifs is 2. The molecule has 2 heterocycles. The smallest absolute Gasteiger partial charge is 0.262 e. The van der Waals surface area contributed by atoms with Crippen LogP contribution in [0.25, 0.3) is 11.3 Å². The minimum Gasteiger partial charge on any atom is -0.487 e. The van der Waals surface area contributed by atoms with Crippen LogP contribution in [-0.4, -0.2) is 13.0 Å². The Balaban J connectivity index is 1.99. The van der Waals surface area contributed by atoms with Crippen molar-refractivity contribution in [2.24, 2.45) is 0 Å². The topological polar surface area (TPSA) is 29.5 Å². The highest BCUT2D eigenvalue weighted by molar-refractivity contribution is 6.37. The maximum Gasteiger partial charge on any atom is 0.262 e. The molecule has 110 valence electrons. The number of anilines is 1. The summed E-state index contributed by atoms with van der Waals surface area (Å²) in [6.07, 6.45) is 0. The molecule has 3 heteroatoms. The molecule has 0 N–H and O–H groups in total. The number of ether oxygens (including phenoxy) is 1. The SMILES string of the molecule is Cc1cc2c(cc1C)/C(=C1\C(=O)N(C)c3ccccc31)OC2. The van der Waals surface area contributed by atoms with Gasteiger partial charge in [0.25, 0.3) is 5.91 Å². The van der Waals surface area contributed by atoms with Gasteiger partial charge < -0.3 is 9.64 Å². The lowest BCUT2D eigenvalue weighted by molar-refractivity contribution is -0.112. The summed E-state index contributed by atoms with van der Waals surface area (Å²) >= 11 is 0. The van der Waals surface area contributed by atoms with Crippen LogP contribution in [0.15, 0.2) is 36.4 Å². The van der Waals surface area contributed by atoms with Gasteiger partial charge in [-0.2, -0.15) is 0 Å². The van der Waals surface area contributed by atoms with E-state index in [2.05, 4.69) is 26.0 Å². The van der Waals surface area contributed by atoms with Gasteiger partial charge in [-0.05, 0) is 37.1 Å². The van der Waals surface area contributed by atoms with E-state index in [1.54, 1.807) is 4.90 Å². The maximum atomic E-state index is 12.7. The Morgan fingerprint density at radius 1 is 1.05 bits per heavy atom. The summed E-state index contributed by atoms with van der Waals surface area (Å²) < 4.78 is 5.93. The van der Waals surface area contributed by atoms with Crippen LogP contribution in [-0.2, 0) is 16.1 Å². The summed E-state index contributed by atoms with van der Waals surface area (Å²) in [5, 5.41) is 0. The number of rotatable bonds is 0. The number of hydrogen-bond acceptors (Lipinski definition) is 2. The maximum absolute atomic E-state index is 12.7. The van der Waals surface area contributed by atoms with Gasteiger partial charge >= 0.3 is 0 Å². The molecule has 0 fully saturated rings. The molecule has 2 aromatic rings. The fraction of sp³-hybridized carbons (Fsp3) is 0.211.